The third-order valence-corrected chi connectivity index (χ3v) is 0.682. The van der Waals surface area contributed by atoms with E-state index in [0.29, 0.717) is 0 Å². The number of carboxylic acid groups (broad SMARTS) is 1. The number of aliphatic carboxylic acids is 1. The van der Waals surface area contributed by atoms with E-state index < -0.39 is 13.8 Å². The first-order valence-corrected chi connectivity index (χ1v) is 4.64. The Morgan fingerprint density at radius 1 is 1.38 bits per heavy atom. The molecular weight excluding hydrogens is 199 g/mol. The zero-order chi connectivity index (χ0) is 11.1. The van der Waals surface area contributed by atoms with Crippen molar-refractivity contribution in [2.24, 2.45) is 0 Å². The molecular formula is C6H11O6P. The highest BCUT2D eigenvalue weighted by molar-refractivity contribution is 7.45. The van der Waals surface area contributed by atoms with Crippen LogP contribution in [0.25, 0.3) is 0 Å². The minimum Gasteiger partial charge on any atom is -0.477 e. The summed E-state index contributed by atoms with van der Waals surface area (Å²) in [5, 5.41) is 8.19. The molecule has 0 radical (unpaired) electrons. The molecule has 0 aliphatic rings. The Hall–Kier alpha value is -0.900. The Balaban J connectivity index is 0. The van der Waals surface area contributed by atoms with E-state index in [9.17, 15) is 4.79 Å². The summed E-state index contributed by atoms with van der Waals surface area (Å²) < 4.78 is 8.88. The molecule has 0 atom stereocenters. The highest BCUT2D eigenvalue weighted by Crippen LogP contribution is 2.25. The minimum atomic E-state index is -4.64. The molecule has 0 saturated carbocycles. The van der Waals surface area contributed by atoms with Crippen LogP contribution < -0.4 is 0 Å². The minimum absolute atomic E-state index is 0.243. The molecule has 0 aromatic heterocycles. The van der Waals surface area contributed by atoms with Gasteiger partial charge >= 0.3 is 13.8 Å². The van der Waals surface area contributed by atoms with E-state index in [1.165, 1.54) is 6.92 Å². The quantitative estimate of drug-likeness (QED) is 0.280. The van der Waals surface area contributed by atoms with E-state index >= 15 is 0 Å². The zero-order valence-electron chi connectivity index (χ0n) is 7.13. The number of carbonyl (C=O) groups is 1. The maximum absolute atomic E-state index is 9.97. The molecule has 0 aromatic carbocycles. The molecule has 0 saturated heterocycles. The summed E-state index contributed by atoms with van der Waals surface area (Å²) >= 11 is 0. The summed E-state index contributed by atoms with van der Waals surface area (Å²) in [5.41, 5.74) is 2.78. The van der Waals surface area contributed by atoms with Crippen LogP contribution in [0.2, 0.25) is 0 Å². The molecule has 0 heterocycles. The molecule has 0 spiro atoms. The van der Waals surface area contributed by atoms with Crippen molar-refractivity contribution in [2.75, 3.05) is 0 Å². The van der Waals surface area contributed by atoms with Crippen molar-refractivity contribution in [1.82, 2.24) is 0 Å². The van der Waals surface area contributed by atoms with E-state index in [-0.39, 0.29) is 5.57 Å². The van der Waals surface area contributed by atoms with Crippen molar-refractivity contribution in [2.45, 2.75) is 13.8 Å². The first-order chi connectivity index (χ1) is 5.68. The fourth-order valence-corrected chi connectivity index (χ4v) is 0.278. The molecule has 0 aliphatic carbocycles. The summed E-state index contributed by atoms with van der Waals surface area (Å²) in [6.45, 7) is 3.23. The van der Waals surface area contributed by atoms with Crippen LogP contribution in [0, 0.1) is 0 Å². The maximum Gasteiger partial charge on any atom is 0.466 e. The molecule has 0 rings (SSSR count). The van der Waals surface area contributed by atoms with Crippen molar-refractivity contribution < 1.29 is 29.1 Å². The predicted molar refractivity (Wildman–Crippen MR) is 44.8 cm³/mol. The summed E-state index contributed by atoms with van der Waals surface area (Å²) in [7, 11) is -4.64. The van der Waals surface area contributed by atoms with Crippen LogP contribution in [0.4, 0.5) is 0 Å². The molecule has 0 bridgehead atoms. The van der Waals surface area contributed by atoms with Gasteiger partial charge in [0, 0.05) is 0 Å². The summed E-state index contributed by atoms with van der Waals surface area (Å²) in [6.07, 6.45) is 1.57. The number of hydrogen-bond acceptors (Lipinski definition) is 2. The summed E-state index contributed by atoms with van der Waals surface area (Å²) in [5.74, 6) is -0.914. The second kappa shape index (κ2) is 6.60. The van der Waals surface area contributed by atoms with Gasteiger partial charge in [0.15, 0.2) is 0 Å². The monoisotopic (exact) mass is 210 g/mol. The molecule has 76 valence electrons. The second-order valence-electron chi connectivity index (χ2n) is 1.88. The largest absolute Gasteiger partial charge is 0.477 e. The second-order valence-corrected chi connectivity index (χ2v) is 2.90. The van der Waals surface area contributed by atoms with Crippen molar-refractivity contribution in [3.05, 3.63) is 17.4 Å². The van der Waals surface area contributed by atoms with E-state index in [2.05, 4.69) is 5.73 Å². The summed E-state index contributed by atoms with van der Waals surface area (Å²) in [6, 6.07) is 0. The smallest absolute Gasteiger partial charge is 0.466 e. The third kappa shape index (κ3) is 24.7. The van der Waals surface area contributed by atoms with E-state index in [0.717, 1.165) is 0 Å². The Labute approximate surface area is 75.1 Å². The molecule has 0 fully saturated rings. The van der Waals surface area contributed by atoms with Crippen molar-refractivity contribution >= 4 is 13.8 Å². The Morgan fingerprint density at radius 2 is 1.69 bits per heavy atom. The van der Waals surface area contributed by atoms with Crippen LogP contribution in [0.3, 0.4) is 0 Å². The van der Waals surface area contributed by atoms with Crippen molar-refractivity contribution in [3.8, 4) is 0 Å². The van der Waals surface area contributed by atoms with Gasteiger partial charge in [0.05, 0.1) is 5.57 Å². The van der Waals surface area contributed by atoms with Gasteiger partial charge in [0.2, 0.25) is 0 Å². The van der Waals surface area contributed by atoms with Gasteiger partial charge in [0.1, 0.15) is 0 Å². The van der Waals surface area contributed by atoms with Gasteiger partial charge in [-0.3, -0.25) is 0 Å². The number of rotatable bonds is 1. The maximum atomic E-state index is 9.97. The van der Waals surface area contributed by atoms with Gasteiger partial charge in [-0.15, -0.1) is 5.73 Å². The Morgan fingerprint density at radius 3 is 1.77 bits per heavy atom. The van der Waals surface area contributed by atoms with Crippen molar-refractivity contribution in [3.63, 3.8) is 0 Å². The molecule has 0 unspecified atom stereocenters. The number of hydrogen-bond donors (Lipinski definition) is 4. The third-order valence-electron chi connectivity index (χ3n) is 0.682. The lowest BCUT2D eigenvalue weighted by atomic mass is 10.3. The van der Waals surface area contributed by atoms with Crippen molar-refractivity contribution in [1.29, 1.82) is 0 Å². The Kier molecular flexibility index (Phi) is 7.42. The van der Waals surface area contributed by atoms with E-state index in [1.807, 2.05) is 0 Å². The molecule has 7 heteroatoms. The zero-order valence-corrected chi connectivity index (χ0v) is 8.02. The van der Waals surface area contributed by atoms with Gasteiger partial charge in [-0.25, -0.2) is 9.36 Å². The normalized spacial score (nSPS) is 9.00. The lowest BCUT2D eigenvalue weighted by molar-refractivity contribution is -0.132. The van der Waals surface area contributed by atoms with Crippen LogP contribution in [-0.2, 0) is 9.36 Å². The van der Waals surface area contributed by atoms with Crippen LogP contribution >= 0.6 is 7.82 Å². The first-order valence-electron chi connectivity index (χ1n) is 3.08. The van der Waals surface area contributed by atoms with E-state index in [4.69, 9.17) is 24.4 Å². The SMILES string of the molecule is CC=C=C(C)C(=O)O.O=P(O)(O)O. The van der Waals surface area contributed by atoms with Gasteiger partial charge in [-0.2, -0.15) is 0 Å². The number of carboxylic acids is 1. The molecule has 0 aliphatic heterocycles. The van der Waals surface area contributed by atoms with E-state index in [1.54, 1.807) is 13.0 Å². The van der Waals surface area contributed by atoms with Gasteiger partial charge in [0.25, 0.3) is 0 Å². The highest BCUT2D eigenvalue weighted by Gasteiger charge is 2.00. The van der Waals surface area contributed by atoms with Gasteiger partial charge in [-0.05, 0) is 19.9 Å². The van der Waals surface area contributed by atoms with Crippen LogP contribution in [0.15, 0.2) is 17.4 Å². The summed E-state index contributed by atoms with van der Waals surface area (Å²) in [4.78, 5) is 31.5. The van der Waals surface area contributed by atoms with Crippen LogP contribution in [0.1, 0.15) is 13.8 Å². The molecule has 0 amide bonds. The number of phosphoric acid groups is 1. The predicted octanol–water partition coefficient (Wildman–Crippen LogP) is 0.264. The molecule has 6 nitrogen and oxygen atoms in total. The molecule has 13 heavy (non-hydrogen) atoms. The molecule has 0 aromatic rings. The topological polar surface area (TPSA) is 115 Å². The average molecular weight is 210 g/mol. The highest BCUT2D eigenvalue weighted by atomic mass is 31.2. The average Bonchev–Trinajstić information content (AvgIpc) is 1.84. The fourth-order valence-electron chi connectivity index (χ4n) is 0.278. The van der Waals surface area contributed by atoms with Crippen LogP contribution in [0.5, 0.6) is 0 Å². The standard InChI is InChI=1S/C6H8O2.H3O4P/c1-3-4-5(2)6(7)8;1-5(2,3)4/h3H,1-2H3,(H,7,8);(H3,1,2,3,4). The lowest BCUT2D eigenvalue weighted by Crippen LogP contribution is -1.93. The lowest BCUT2D eigenvalue weighted by Gasteiger charge is -1.82. The fraction of sp³-hybridized carbons (Fsp3) is 0.333. The van der Waals surface area contributed by atoms with Gasteiger partial charge < -0.3 is 19.8 Å². The first kappa shape index (κ1) is 14.6. The Bertz CT molecular complexity index is 261. The van der Waals surface area contributed by atoms with Crippen LogP contribution in [-0.4, -0.2) is 25.8 Å². The molecule has 4 N–H and O–H groups in total. The van der Waals surface area contributed by atoms with Gasteiger partial charge in [-0.1, -0.05) is 0 Å².